The fourth-order valence-corrected chi connectivity index (χ4v) is 2.78. The maximum absolute atomic E-state index is 9.58. The van der Waals surface area contributed by atoms with Gasteiger partial charge >= 0.3 is 7.12 Å². The Kier molecular flexibility index (Phi) is 5.57. The third kappa shape index (κ3) is 3.58. The van der Waals surface area contributed by atoms with E-state index in [1.54, 1.807) is 6.20 Å². The summed E-state index contributed by atoms with van der Waals surface area (Å²) in [5.41, 5.74) is 0.560. The van der Waals surface area contributed by atoms with Gasteiger partial charge in [-0.15, -0.1) is 0 Å². The lowest BCUT2D eigenvalue weighted by molar-refractivity contribution is 0.00578. The molecule has 0 unspecified atom stereocenters. The molecule has 0 radical (unpaired) electrons. The zero-order valence-corrected chi connectivity index (χ0v) is 15.7. The molecule has 0 spiro atoms. The van der Waals surface area contributed by atoms with Crippen LogP contribution in [0.15, 0.2) is 12.3 Å². The van der Waals surface area contributed by atoms with Crippen LogP contribution in [0.3, 0.4) is 0 Å². The first-order chi connectivity index (χ1) is 11.3. The molecule has 0 aromatic carbocycles. The van der Waals surface area contributed by atoms with Gasteiger partial charge in [-0.05, 0) is 46.6 Å². The Labute approximate surface area is 146 Å². The normalized spacial score (nSPS) is 18.5. The Morgan fingerprint density at radius 1 is 1.12 bits per heavy atom. The molecule has 0 saturated carbocycles. The van der Waals surface area contributed by atoms with E-state index in [4.69, 9.17) is 9.31 Å². The van der Waals surface area contributed by atoms with E-state index in [0.29, 0.717) is 5.56 Å². The Morgan fingerprint density at radius 2 is 1.67 bits per heavy atom. The molecule has 1 aromatic rings. The Bertz CT molecular complexity index is 603. The Balaban J connectivity index is 2.32. The van der Waals surface area contributed by atoms with Crippen molar-refractivity contribution in [3.8, 4) is 6.07 Å². The van der Waals surface area contributed by atoms with Crippen LogP contribution in [0.25, 0.3) is 0 Å². The van der Waals surface area contributed by atoms with Crippen LogP contribution in [0.1, 0.15) is 59.9 Å². The fraction of sp³-hybridized carbons (Fsp3) is 0.667. The van der Waals surface area contributed by atoms with E-state index in [1.807, 2.05) is 33.8 Å². The molecule has 1 fully saturated rings. The molecule has 1 aromatic heterocycles. The van der Waals surface area contributed by atoms with Crippen molar-refractivity contribution in [2.45, 2.75) is 65.6 Å². The molecular formula is C18H28BN3O2. The Morgan fingerprint density at radius 3 is 2.12 bits per heavy atom. The van der Waals surface area contributed by atoms with Gasteiger partial charge in [0.2, 0.25) is 0 Å². The maximum atomic E-state index is 9.58. The first kappa shape index (κ1) is 18.8. The number of hydrogen-bond acceptors (Lipinski definition) is 5. The molecular weight excluding hydrogens is 301 g/mol. The summed E-state index contributed by atoms with van der Waals surface area (Å²) in [6, 6.07) is 4.13. The predicted molar refractivity (Wildman–Crippen MR) is 97.5 cm³/mol. The maximum Gasteiger partial charge on any atom is 0.496 e. The zero-order chi connectivity index (χ0) is 18.0. The molecule has 0 atom stereocenters. The number of rotatable bonds is 6. The van der Waals surface area contributed by atoms with Crippen molar-refractivity contribution in [2.24, 2.45) is 0 Å². The molecule has 24 heavy (non-hydrogen) atoms. The minimum Gasteiger partial charge on any atom is -0.399 e. The second kappa shape index (κ2) is 7.12. The summed E-state index contributed by atoms with van der Waals surface area (Å²) in [7, 11) is -0.491. The average molecular weight is 329 g/mol. The molecule has 0 amide bonds. The largest absolute Gasteiger partial charge is 0.496 e. The molecule has 2 rings (SSSR count). The standard InChI is InChI=1S/C18H28BN3O2/c1-7-9-22(10-8-2)16-14(12-20)11-15(13-21-16)19-23-17(3,4)18(5,6)24-19/h11,13H,7-10H2,1-6H3. The van der Waals surface area contributed by atoms with Gasteiger partial charge in [0.25, 0.3) is 0 Å². The summed E-state index contributed by atoms with van der Waals surface area (Å²) in [4.78, 5) is 6.74. The topological polar surface area (TPSA) is 58.4 Å². The van der Waals surface area contributed by atoms with E-state index in [-0.39, 0.29) is 0 Å². The SMILES string of the molecule is CCCN(CCC)c1ncc(B2OC(C)(C)C(C)(C)O2)cc1C#N. The van der Waals surface area contributed by atoms with Crippen LogP contribution in [0, 0.1) is 11.3 Å². The van der Waals surface area contributed by atoms with Crippen LogP contribution < -0.4 is 10.4 Å². The minimum atomic E-state index is -0.491. The van der Waals surface area contributed by atoms with E-state index in [1.165, 1.54) is 0 Å². The van der Waals surface area contributed by atoms with Crippen molar-refractivity contribution < 1.29 is 9.31 Å². The third-order valence-electron chi connectivity index (χ3n) is 4.82. The smallest absolute Gasteiger partial charge is 0.399 e. The van der Waals surface area contributed by atoms with Crippen LogP contribution >= 0.6 is 0 Å². The van der Waals surface area contributed by atoms with Gasteiger partial charge in [-0.3, -0.25) is 0 Å². The molecule has 1 saturated heterocycles. The lowest BCUT2D eigenvalue weighted by Crippen LogP contribution is -2.41. The molecule has 1 aliphatic rings. The van der Waals surface area contributed by atoms with E-state index in [0.717, 1.165) is 37.2 Å². The van der Waals surface area contributed by atoms with Gasteiger partial charge in [0, 0.05) is 24.7 Å². The first-order valence-corrected chi connectivity index (χ1v) is 8.76. The van der Waals surface area contributed by atoms with Gasteiger partial charge in [0.05, 0.1) is 16.8 Å². The third-order valence-corrected chi connectivity index (χ3v) is 4.82. The van der Waals surface area contributed by atoms with Gasteiger partial charge in [-0.1, -0.05) is 13.8 Å². The van der Waals surface area contributed by atoms with Crippen molar-refractivity contribution >= 4 is 18.4 Å². The number of nitriles is 1. The first-order valence-electron chi connectivity index (χ1n) is 8.76. The highest BCUT2D eigenvalue weighted by atomic mass is 16.7. The number of pyridine rings is 1. The predicted octanol–water partition coefficient (Wildman–Crippen LogP) is 2.88. The summed E-state index contributed by atoms with van der Waals surface area (Å²) < 4.78 is 12.1. The summed E-state index contributed by atoms with van der Waals surface area (Å²) in [6.07, 6.45) is 3.81. The van der Waals surface area contributed by atoms with Crippen molar-refractivity contribution in [3.63, 3.8) is 0 Å². The molecule has 0 aliphatic carbocycles. The lowest BCUT2D eigenvalue weighted by atomic mass is 9.79. The van der Waals surface area contributed by atoms with Crippen LogP contribution in [-0.4, -0.2) is 36.4 Å². The van der Waals surface area contributed by atoms with Crippen LogP contribution in [0.4, 0.5) is 5.82 Å². The molecule has 0 N–H and O–H groups in total. The van der Waals surface area contributed by atoms with Gasteiger partial charge in [-0.2, -0.15) is 5.26 Å². The minimum absolute atomic E-state index is 0.403. The summed E-state index contributed by atoms with van der Waals surface area (Å²) >= 11 is 0. The molecule has 6 heteroatoms. The van der Waals surface area contributed by atoms with Gasteiger partial charge in [0.15, 0.2) is 0 Å². The molecule has 130 valence electrons. The van der Waals surface area contributed by atoms with E-state index in [2.05, 4.69) is 29.8 Å². The number of hydrogen-bond donors (Lipinski definition) is 0. The fourth-order valence-electron chi connectivity index (χ4n) is 2.78. The molecule has 0 bridgehead atoms. The second-order valence-corrected chi connectivity index (χ2v) is 7.33. The van der Waals surface area contributed by atoms with Gasteiger partial charge in [-0.25, -0.2) is 4.98 Å². The highest BCUT2D eigenvalue weighted by molar-refractivity contribution is 6.62. The van der Waals surface area contributed by atoms with Crippen LogP contribution in [0.2, 0.25) is 0 Å². The quantitative estimate of drug-likeness (QED) is 0.751. The van der Waals surface area contributed by atoms with Gasteiger partial charge < -0.3 is 14.2 Å². The number of nitrogens with zero attached hydrogens (tertiary/aromatic N) is 3. The average Bonchev–Trinajstić information content (AvgIpc) is 2.74. The number of aromatic nitrogens is 1. The van der Waals surface area contributed by atoms with Crippen LogP contribution in [-0.2, 0) is 9.31 Å². The van der Waals surface area contributed by atoms with Crippen molar-refractivity contribution in [1.82, 2.24) is 4.98 Å². The summed E-state index contributed by atoms with van der Waals surface area (Å²) in [5.74, 6) is 0.751. The van der Waals surface area contributed by atoms with E-state index in [9.17, 15) is 5.26 Å². The second-order valence-electron chi connectivity index (χ2n) is 7.33. The van der Waals surface area contributed by atoms with Crippen molar-refractivity contribution in [3.05, 3.63) is 17.8 Å². The Hall–Kier alpha value is -1.58. The molecule has 5 nitrogen and oxygen atoms in total. The summed E-state index contributed by atoms with van der Waals surface area (Å²) in [6.45, 7) is 14.1. The summed E-state index contributed by atoms with van der Waals surface area (Å²) in [5, 5.41) is 9.58. The van der Waals surface area contributed by atoms with E-state index >= 15 is 0 Å². The van der Waals surface area contributed by atoms with Gasteiger partial charge in [0.1, 0.15) is 11.9 Å². The lowest BCUT2D eigenvalue weighted by Gasteiger charge is -2.32. The number of anilines is 1. The highest BCUT2D eigenvalue weighted by Crippen LogP contribution is 2.36. The highest BCUT2D eigenvalue weighted by Gasteiger charge is 2.51. The zero-order valence-electron chi connectivity index (χ0n) is 15.7. The van der Waals surface area contributed by atoms with Crippen LogP contribution in [0.5, 0.6) is 0 Å². The molecule has 2 heterocycles. The van der Waals surface area contributed by atoms with Crippen molar-refractivity contribution in [1.29, 1.82) is 5.26 Å². The van der Waals surface area contributed by atoms with E-state index < -0.39 is 18.3 Å². The monoisotopic (exact) mass is 329 g/mol. The molecule has 1 aliphatic heterocycles. The van der Waals surface area contributed by atoms with Crippen molar-refractivity contribution in [2.75, 3.05) is 18.0 Å².